The summed E-state index contributed by atoms with van der Waals surface area (Å²) in [5.74, 6) is 0. The lowest BCUT2D eigenvalue weighted by atomic mass is 10.2. The maximum Gasteiger partial charge on any atom is 0.0856 e. The fourth-order valence-electron chi connectivity index (χ4n) is 1.06. The maximum absolute atomic E-state index is 8.95. The minimum atomic E-state index is -0.0274. The normalized spacial score (nSPS) is 10.2. The highest BCUT2D eigenvalue weighted by Crippen LogP contribution is 2.08. The molecule has 66 valence electrons. The number of hydrogen-bond donors (Lipinski definition) is 1. The number of methoxy groups -OCH3 is 1. The van der Waals surface area contributed by atoms with Crippen molar-refractivity contribution in [3.63, 3.8) is 0 Å². The number of ether oxygens (including phenoxy) is 1. The average molecular weight is 167 g/mol. The Hall–Kier alpha value is -0.930. The van der Waals surface area contributed by atoms with Crippen molar-refractivity contribution in [3.05, 3.63) is 29.1 Å². The lowest BCUT2D eigenvalue weighted by molar-refractivity contribution is 0.180. The second kappa shape index (κ2) is 4.18. The van der Waals surface area contributed by atoms with Gasteiger partial charge in [-0.05, 0) is 13.0 Å². The molecule has 0 aliphatic carbocycles. The standard InChI is InChI=1S/C9H13NO2/c1-7-3-4-8(6-12-2)9(5-11)10-7/h3-4,11H,5-6H2,1-2H3. The molecular weight excluding hydrogens is 154 g/mol. The van der Waals surface area contributed by atoms with Crippen LogP contribution in [0.2, 0.25) is 0 Å². The van der Waals surface area contributed by atoms with Gasteiger partial charge in [0.2, 0.25) is 0 Å². The van der Waals surface area contributed by atoms with E-state index in [1.807, 2.05) is 19.1 Å². The molecule has 1 aromatic rings. The summed E-state index contributed by atoms with van der Waals surface area (Å²) in [6.45, 7) is 2.37. The van der Waals surface area contributed by atoms with E-state index in [0.717, 1.165) is 11.3 Å². The summed E-state index contributed by atoms with van der Waals surface area (Å²) in [5.41, 5.74) is 2.57. The van der Waals surface area contributed by atoms with Gasteiger partial charge >= 0.3 is 0 Å². The summed E-state index contributed by atoms with van der Waals surface area (Å²) in [7, 11) is 1.63. The maximum atomic E-state index is 8.95. The Kier molecular flexibility index (Phi) is 3.19. The predicted molar refractivity (Wildman–Crippen MR) is 45.6 cm³/mol. The Balaban J connectivity index is 2.94. The highest BCUT2D eigenvalue weighted by Gasteiger charge is 2.01. The van der Waals surface area contributed by atoms with Gasteiger partial charge in [-0.25, -0.2) is 0 Å². The first kappa shape index (κ1) is 9.16. The number of nitrogens with zero attached hydrogens (tertiary/aromatic N) is 1. The minimum absolute atomic E-state index is 0.0274. The van der Waals surface area contributed by atoms with Gasteiger partial charge < -0.3 is 9.84 Å². The molecular formula is C9H13NO2. The average Bonchev–Trinajstić information content (AvgIpc) is 2.08. The van der Waals surface area contributed by atoms with Crippen molar-refractivity contribution in [2.24, 2.45) is 0 Å². The molecule has 0 spiro atoms. The van der Waals surface area contributed by atoms with Crippen LogP contribution in [0.25, 0.3) is 0 Å². The minimum Gasteiger partial charge on any atom is -0.390 e. The molecule has 0 saturated carbocycles. The third-order valence-electron chi connectivity index (χ3n) is 1.66. The smallest absolute Gasteiger partial charge is 0.0856 e. The first-order chi connectivity index (χ1) is 5.77. The molecule has 0 amide bonds. The molecule has 1 aromatic heterocycles. The van der Waals surface area contributed by atoms with Crippen LogP contribution in [0.4, 0.5) is 0 Å². The first-order valence-corrected chi connectivity index (χ1v) is 3.83. The van der Waals surface area contributed by atoms with Crippen LogP contribution in [0.5, 0.6) is 0 Å². The van der Waals surface area contributed by atoms with Gasteiger partial charge in [0.05, 0.1) is 18.9 Å². The second-order valence-electron chi connectivity index (χ2n) is 2.65. The summed E-state index contributed by atoms with van der Waals surface area (Å²) in [4.78, 5) is 4.18. The van der Waals surface area contributed by atoms with Crippen molar-refractivity contribution in [1.82, 2.24) is 4.98 Å². The Labute approximate surface area is 72.0 Å². The van der Waals surface area contributed by atoms with Gasteiger partial charge in [0.15, 0.2) is 0 Å². The van der Waals surface area contributed by atoms with Crippen molar-refractivity contribution >= 4 is 0 Å². The zero-order valence-electron chi connectivity index (χ0n) is 7.37. The van der Waals surface area contributed by atoms with Crippen LogP contribution in [0.15, 0.2) is 12.1 Å². The third-order valence-corrected chi connectivity index (χ3v) is 1.66. The van der Waals surface area contributed by atoms with Gasteiger partial charge in [-0.1, -0.05) is 6.07 Å². The highest BCUT2D eigenvalue weighted by molar-refractivity contribution is 5.21. The van der Waals surface area contributed by atoms with E-state index in [2.05, 4.69) is 4.98 Å². The zero-order chi connectivity index (χ0) is 8.97. The van der Waals surface area contributed by atoms with Crippen LogP contribution < -0.4 is 0 Å². The molecule has 0 aliphatic rings. The number of aliphatic hydroxyl groups excluding tert-OH is 1. The van der Waals surface area contributed by atoms with Crippen molar-refractivity contribution in [3.8, 4) is 0 Å². The van der Waals surface area contributed by atoms with Crippen LogP contribution in [-0.2, 0) is 18.0 Å². The summed E-state index contributed by atoms with van der Waals surface area (Å²) in [6, 6.07) is 3.84. The monoisotopic (exact) mass is 167 g/mol. The summed E-state index contributed by atoms with van der Waals surface area (Å²) < 4.78 is 4.96. The third kappa shape index (κ3) is 2.03. The van der Waals surface area contributed by atoms with Gasteiger partial charge in [0.1, 0.15) is 0 Å². The van der Waals surface area contributed by atoms with E-state index in [0.29, 0.717) is 12.3 Å². The Morgan fingerprint density at radius 1 is 1.50 bits per heavy atom. The molecule has 12 heavy (non-hydrogen) atoms. The van der Waals surface area contributed by atoms with E-state index in [1.54, 1.807) is 7.11 Å². The van der Waals surface area contributed by atoms with Crippen LogP contribution >= 0.6 is 0 Å². The highest BCUT2D eigenvalue weighted by atomic mass is 16.5. The fraction of sp³-hybridized carbons (Fsp3) is 0.444. The summed E-state index contributed by atoms with van der Waals surface area (Å²) >= 11 is 0. The summed E-state index contributed by atoms with van der Waals surface area (Å²) in [6.07, 6.45) is 0. The van der Waals surface area contributed by atoms with Crippen LogP contribution in [0, 0.1) is 6.92 Å². The Morgan fingerprint density at radius 2 is 2.25 bits per heavy atom. The first-order valence-electron chi connectivity index (χ1n) is 3.83. The molecule has 0 radical (unpaired) electrons. The van der Waals surface area contributed by atoms with Gasteiger partial charge in [-0.15, -0.1) is 0 Å². The van der Waals surface area contributed by atoms with Crippen LogP contribution in [0.1, 0.15) is 17.0 Å². The van der Waals surface area contributed by atoms with Gasteiger partial charge in [0, 0.05) is 18.4 Å². The SMILES string of the molecule is COCc1ccc(C)nc1CO. The van der Waals surface area contributed by atoms with Gasteiger partial charge in [-0.2, -0.15) is 0 Å². The predicted octanol–water partition coefficient (Wildman–Crippen LogP) is 1.03. The van der Waals surface area contributed by atoms with E-state index < -0.39 is 0 Å². The number of aryl methyl sites for hydroxylation is 1. The molecule has 0 atom stereocenters. The van der Waals surface area contributed by atoms with Gasteiger partial charge in [0.25, 0.3) is 0 Å². The van der Waals surface area contributed by atoms with E-state index in [4.69, 9.17) is 9.84 Å². The number of rotatable bonds is 3. The Bertz CT molecular complexity index is 261. The molecule has 1 N–H and O–H groups in total. The van der Waals surface area contributed by atoms with E-state index in [9.17, 15) is 0 Å². The van der Waals surface area contributed by atoms with E-state index in [-0.39, 0.29) is 6.61 Å². The molecule has 0 bridgehead atoms. The molecule has 3 heteroatoms. The molecule has 0 fully saturated rings. The largest absolute Gasteiger partial charge is 0.390 e. The topological polar surface area (TPSA) is 42.4 Å². The Morgan fingerprint density at radius 3 is 2.83 bits per heavy atom. The van der Waals surface area contributed by atoms with Crippen molar-refractivity contribution in [1.29, 1.82) is 0 Å². The number of hydrogen-bond acceptors (Lipinski definition) is 3. The molecule has 1 rings (SSSR count). The molecule has 0 aliphatic heterocycles. The fourth-order valence-corrected chi connectivity index (χ4v) is 1.06. The zero-order valence-corrected chi connectivity index (χ0v) is 7.37. The van der Waals surface area contributed by atoms with Crippen LogP contribution in [-0.4, -0.2) is 17.2 Å². The van der Waals surface area contributed by atoms with E-state index in [1.165, 1.54) is 0 Å². The van der Waals surface area contributed by atoms with Gasteiger partial charge in [-0.3, -0.25) is 4.98 Å². The lowest BCUT2D eigenvalue weighted by Gasteiger charge is -2.05. The second-order valence-corrected chi connectivity index (χ2v) is 2.65. The molecule has 0 saturated heterocycles. The number of aromatic nitrogens is 1. The van der Waals surface area contributed by atoms with E-state index >= 15 is 0 Å². The molecule has 1 heterocycles. The molecule has 0 unspecified atom stereocenters. The van der Waals surface area contributed by atoms with Crippen LogP contribution in [0.3, 0.4) is 0 Å². The molecule has 3 nitrogen and oxygen atoms in total. The number of aliphatic hydroxyl groups is 1. The van der Waals surface area contributed by atoms with Crippen molar-refractivity contribution in [2.75, 3.05) is 7.11 Å². The van der Waals surface area contributed by atoms with Crippen molar-refractivity contribution in [2.45, 2.75) is 20.1 Å². The van der Waals surface area contributed by atoms with Crippen molar-refractivity contribution < 1.29 is 9.84 Å². The lowest BCUT2D eigenvalue weighted by Crippen LogP contribution is -2.00. The quantitative estimate of drug-likeness (QED) is 0.731. The number of pyridine rings is 1. The molecule has 0 aromatic carbocycles. The summed E-state index contributed by atoms with van der Waals surface area (Å²) in [5, 5.41) is 8.95.